The number of benzene rings is 2. The van der Waals surface area contributed by atoms with Crippen LogP contribution < -0.4 is 0 Å². The number of rotatable bonds is 3. The average molecular weight is 256 g/mol. The molecular weight excluding hydrogens is 236 g/mol. The van der Waals surface area contributed by atoms with Crippen LogP contribution in [-0.4, -0.2) is 11.1 Å². The van der Waals surface area contributed by atoms with E-state index in [1.165, 1.54) is 5.56 Å². The first kappa shape index (κ1) is 15.0. The van der Waals surface area contributed by atoms with Crippen LogP contribution in [0.5, 0.6) is 0 Å². The van der Waals surface area contributed by atoms with Crippen LogP contribution in [0, 0.1) is 6.92 Å². The molecule has 0 bridgehead atoms. The standard InChI is InChI=1S/C10H12O2.C7H8/c1-2-9(10(11)12)8-6-4-3-5-7-8;1-7-5-3-2-4-6-7/h3-7,9H,2H2,1H3,(H,11,12);2-6H,1H3. The zero-order valence-electron chi connectivity index (χ0n) is 11.4. The van der Waals surface area contributed by atoms with E-state index in [1.807, 2.05) is 55.5 Å². The summed E-state index contributed by atoms with van der Waals surface area (Å²) in [5.74, 6) is -1.10. The molecule has 0 saturated heterocycles. The fraction of sp³-hybridized carbons (Fsp3) is 0.235. The number of carboxylic acid groups (broad SMARTS) is 1. The molecule has 0 radical (unpaired) electrons. The zero-order chi connectivity index (χ0) is 14.1. The number of hydrogen-bond donors (Lipinski definition) is 1. The second kappa shape index (κ2) is 8.09. The third-order valence-corrected chi connectivity index (χ3v) is 2.85. The van der Waals surface area contributed by atoms with Gasteiger partial charge in [-0.3, -0.25) is 4.79 Å². The third kappa shape index (κ3) is 5.38. The Morgan fingerprint density at radius 1 is 1.00 bits per heavy atom. The molecule has 1 N–H and O–H groups in total. The first-order valence-electron chi connectivity index (χ1n) is 6.44. The molecular formula is C17H20O2. The molecule has 2 heteroatoms. The van der Waals surface area contributed by atoms with Crippen LogP contribution in [0.15, 0.2) is 60.7 Å². The molecule has 2 rings (SSSR count). The quantitative estimate of drug-likeness (QED) is 0.890. The van der Waals surface area contributed by atoms with Crippen molar-refractivity contribution in [1.82, 2.24) is 0 Å². The Kier molecular flexibility index (Phi) is 6.37. The zero-order valence-corrected chi connectivity index (χ0v) is 11.4. The minimum absolute atomic E-state index is 0.355. The van der Waals surface area contributed by atoms with Gasteiger partial charge >= 0.3 is 5.97 Å². The van der Waals surface area contributed by atoms with Crippen molar-refractivity contribution in [2.45, 2.75) is 26.2 Å². The number of hydrogen-bond acceptors (Lipinski definition) is 1. The van der Waals surface area contributed by atoms with E-state index in [0.717, 1.165) is 5.56 Å². The first-order valence-corrected chi connectivity index (χ1v) is 6.44. The van der Waals surface area contributed by atoms with Gasteiger partial charge in [-0.1, -0.05) is 73.2 Å². The number of carbonyl (C=O) groups is 1. The highest BCUT2D eigenvalue weighted by atomic mass is 16.4. The van der Waals surface area contributed by atoms with Gasteiger partial charge in [-0.15, -0.1) is 0 Å². The SMILES string of the molecule is CCC(C(=O)O)c1ccccc1.Cc1ccccc1. The summed E-state index contributed by atoms with van der Waals surface area (Å²) in [5.41, 5.74) is 2.20. The summed E-state index contributed by atoms with van der Waals surface area (Å²) < 4.78 is 0. The molecule has 0 saturated carbocycles. The lowest BCUT2D eigenvalue weighted by Crippen LogP contribution is -2.09. The van der Waals surface area contributed by atoms with Gasteiger partial charge in [-0.2, -0.15) is 0 Å². The Hall–Kier alpha value is -2.09. The molecule has 1 atom stereocenters. The van der Waals surface area contributed by atoms with Gasteiger partial charge in [0.2, 0.25) is 0 Å². The Morgan fingerprint density at radius 2 is 1.47 bits per heavy atom. The molecule has 0 fully saturated rings. The number of aliphatic carboxylic acids is 1. The topological polar surface area (TPSA) is 37.3 Å². The normalized spacial score (nSPS) is 11.1. The molecule has 0 aliphatic heterocycles. The van der Waals surface area contributed by atoms with E-state index < -0.39 is 5.97 Å². The summed E-state index contributed by atoms with van der Waals surface area (Å²) >= 11 is 0. The van der Waals surface area contributed by atoms with Crippen LogP contribution in [0.4, 0.5) is 0 Å². The van der Waals surface area contributed by atoms with E-state index in [4.69, 9.17) is 5.11 Å². The number of carboxylic acids is 1. The van der Waals surface area contributed by atoms with Crippen molar-refractivity contribution in [3.8, 4) is 0 Å². The lowest BCUT2D eigenvalue weighted by atomic mass is 9.97. The molecule has 0 aliphatic rings. The van der Waals surface area contributed by atoms with Crippen molar-refractivity contribution in [3.63, 3.8) is 0 Å². The minimum atomic E-state index is -0.747. The number of aryl methyl sites for hydroxylation is 1. The van der Waals surface area contributed by atoms with Gasteiger partial charge in [0, 0.05) is 0 Å². The van der Waals surface area contributed by atoms with E-state index in [2.05, 4.69) is 19.1 Å². The Morgan fingerprint density at radius 3 is 1.79 bits per heavy atom. The summed E-state index contributed by atoms with van der Waals surface area (Å²) in [4.78, 5) is 10.7. The summed E-state index contributed by atoms with van der Waals surface area (Å²) in [6, 6.07) is 19.6. The lowest BCUT2D eigenvalue weighted by molar-refractivity contribution is -0.138. The Balaban J connectivity index is 0.000000218. The fourth-order valence-electron chi connectivity index (χ4n) is 1.77. The van der Waals surface area contributed by atoms with Crippen LogP contribution >= 0.6 is 0 Å². The maximum atomic E-state index is 10.7. The van der Waals surface area contributed by atoms with Crippen molar-refractivity contribution in [1.29, 1.82) is 0 Å². The van der Waals surface area contributed by atoms with Crippen molar-refractivity contribution in [3.05, 3.63) is 71.8 Å². The van der Waals surface area contributed by atoms with Gasteiger partial charge in [-0.25, -0.2) is 0 Å². The fourth-order valence-corrected chi connectivity index (χ4v) is 1.77. The van der Waals surface area contributed by atoms with Crippen molar-refractivity contribution >= 4 is 5.97 Å². The molecule has 2 aromatic carbocycles. The van der Waals surface area contributed by atoms with Gasteiger partial charge < -0.3 is 5.11 Å². The predicted octanol–water partition coefficient (Wildman–Crippen LogP) is 4.26. The van der Waals surface area contributed by atoms with E-state index in [0.29, 0.717) is 6.42 Å². The molecule has 2 aromatic rings. The predicted molar refractivity (Wildman–Crippen MR) is 78.3 cm³/mol. The highest BCUT2D eigenvalue weighted by molar-refractivity contribution is 5.75. The summed E-state index contributed by atoms with van der Waals surface area (Å²) in [6.45, 7) is 3.96. The van der Waals surface area contributed by atoms with E-state index in [9.17, 15) is 4.79 Å². The molecule has 100 valence electrons. The highest BCUT2D eigenvalue weighted by Crippen LogP contribution is 2.18. The van der Waals surface area contributed by atoms with E-state index in [-0.39, 0.29) is 5.92 Å². The molecule has 0 aliphatic carbocycles. The van der Waals surface area contributed by atoms with Crippen LogP contribution in [0.1, 0.15) is 30.4 Å². The van der Waals surface area contributed by atoms with Gasteiger partial charge in [0.1, 0.15) is 0 Å². The second-order valence-corrected chi connectivity index (χ2v) is 4.36. The third-order valence-electron chi connectivity index (χ3n) is 2.85. The summed E-state index contributed by atoms with van der Waals surface area (Å²) in [6.07, 6.45) is 0.638. The maximum absolute atomic E-state index is 10.7. The highest BCUT2D eigenvalue weighted by Gasteiger charge is 2.16. The van der Waals surface area contributed by atoms with Gasteiger partial charge in [-0.05, 0) is 18.9 Å². The van der Waals surface area contributed by atoms with Gasteiger partial charge in [0.05, 0.1) is 5.92 Å². The Bertz CT molecular complexity index is 477. The van der Waals surface area contributed by atoms with Crippen molar-refractivity contribution in [2.24, 2.45) is 0 Å². The molecule has 1 unspecified atom stereocenters. The average Bonchev–Trinajstić information content (AvgIpc) is 2.42. The molecule has 0 amide bonds. The van der Waals surface area contributed by atoms with Crippen molar-refractivity contribution < 1.29 is 9.90 Å². The largest absolute Gasteiger partial charge is 0.481 e. The van der Waals surface area contributed by atoms with Crippen LogP contribution in [0.2, 0.25) is 0 Å². The Labute approximate surface area is 114 Å². The summed E-state index contributed by atoms with van der Waals surface area (Å²) in [5, 5.41) is 8.83. The first-order chi connectivity index (χ1) is 9.15. The molecule has 0 spiro atoms. The minimum Gasteiger partial charge on any atom is -0.481 e. The lowest BCUT2D eigenvalue weighted by Gasteiger charge is -2.08. The summed E-state index contributed by atoms with van der Waals surface area (Å²) in [7, 11) is 0. The maximum Gasteiger partial charge on any atom is 0.310 e. The van der Waals surface area contributed by atoms with Crippen LogP contribution in [0.25, 0.3) is 0 Å². The molecule has 0 heterocycles. The van der Waals surface area contributed by atoms with Crippen LogP contribution in [-0.2, 0) is 4.79 Å². The molecule has 0 aromatic heterocycles. The second-order valence-electron chi connectivity index (χ2n) is 4.36. The smallest absolute Gasteiger partial charge is 0.310 e. The van der Waals surface area contributed by atoms with Crippen molar-refractivity contribution in [2.75, 3.05) is 0 Å². The van der Waals surface area contributed by atoms with Crippen LogP contribution in [0.3, 0.4) is 0 Å². The monoisotopic (exact) mass is 256 g/mol. The molecule has 19 heavy (non-hydrogen) atoms. The van der Waals surface area contributed by atoms with E-state index >= 15 is 0 Å². The molecule has 2 nitrogen and oxygen atoms in total. The van der Waals surface area contributed by atoms with Gasteiger partial charge in [0.25, 0.3) is 0 Å². The van der Waals surface area contributed by atoms with Gasteiger partial charge in [0.15, 0.2) is 0 Å². The van der Waals surface area contributed by atoms with E-state index in [1.54, 1.807) is 0 Å².